The molecule has 0 N–H and O–H groups in total. The van der Waals surface area contributed by atoms with E-state index in [2.05, 4.69) is 18.7 Å². The highest BCUT2D eigenvalue weighted by molar-refractivity contribution is 7.32. The van der Waals surface area contributed by atoms with Crippen LogP contribution in [-0.2, 0) is 0 Å². The van der Waals surface area contributed by atoms with Crippen LogP contribution in [0.4, 0.5) is 0 Å². The molecule has 60 valence electrons. The Kier molecular flexibility index (Phi) is 6.71. The molecule has 0 saturated carbocycles. The molecule has 0 aliphatic carbocycles. The minimum Gasteiger partial charge on any atom is -0.315 e. The normalized spacial score (nSPS) is 10.5. The molecule has 0 heterocycles. The van der Waals surface area contributed by atoms with Crippen molar-refractivity contribution in [1.29, 1.82) is 0 Å². The lowest BCUT2D eigenvalue weighted by molar-refractivity contribution is 0.444. The molecule has 0 aromatic carbocycles. The van der Waals surface area contributed by atoms with Crippen molar-refractivity contribution < 1.29 is 0 Å². The van der Waals surface area contributed by atoms with Crippen LogP contribution < -0.4 is 0 Å². The molecule has 0 amide bonds. The van der Waals surface area contributed by atoms with E-state index in [9.17, 15) is 0 Å². The number of rotatable bonds is 5. The SMILES string of the molecule is CCCN(CCC)B(Cl)Cl. The summed E-state index contributed by atoms with van der Waals surface area (Å²) >= 11 is 11.4. The van der Waals surface area contributed by atoms with Crippen molar-refractivity contribution in [3.63, 3.8) is 0 Å². The Morgan fingerprint density at radius 2 is 1.50 bits per heavy atom. The van der Waals surface area contributed by atoms with Crippen molar-refractivity contribution in [3.05, 3.63) is 0 Å². The maximum absolute atomic E-state index is 5.69. The second-order valence-corrected chi connectivity index (χ2v) is 3.36. The van der Waals surface area contributed by atoms with Gasteiger partial charge in [0.1, 0.15) is 0 Å². The molecule has 0 aliphatic heterocycles. The van der Waals surface area contributed by atoms with Gasteiger partial charge < -0.3 is 4.81 Å². The van der Waals surface area contributed by atoms with E-state index in [-0.39, 0.29) is 5.68 Å². The van der Waals surface area contributed by atoms with Crippen LogP contribution in [0, 0.1) is 0 Å². The van der Waals surface area contributed by atoms with Crippen molar-refractivity contribution in [2.24, 2.45) is 0 Å². The first-order valence-corrected chi connectivity index (χ1v) is 4.61. The van der Waals surface area contributed by atoms with Gasteiger partial charge in [-0.3, -0.25) is 0 Å². The van der Waals surface area contributed by atoms with Gasteiger partial charge in [0.2, 0.25) is 0 Å². The zero-order valence-corrected chi connectivity index (χ0v) is 8.12. The fraction of sp³-hybridized carbons (Fsp3) is 1.00. The molecule has 0 saturated heterocycles. The Morgan fingerprint density at radius 1 is 1.10 bits per heavy atom. The summed E-state index contributed by atoms with van der Waals surface area (Å²) in [7, 11) is 0. The zero-order chi connectivity index (χ0) is 7.98. The largest absolute Gasteiger partial charge is 0.434 e. The van der Waals surface area contributed by atoms with Crippen LogP contribution in [0.15, 0.2) is 0 Å². The van der Waals surface area contributed by atoms with Crippen molar-refractivity contribution in [3.8, 4) is 0 Å². The summed E-state index contributed by atoms with van der Waals surface area (Å²) in [6, 6.07) is 0. The standard InChI is InChI=1S/C6H14BCl2N/c1-3-5-10(6-4-2)7(8)9/h3-6H2,1-2H3. The summed E-state index contributed by atoms with van der Waals surface area (Å²) < 4.78 is 0. The summed E-state index contributed by atoms with van der Waals surface area (Å²) in [5.74, 6) is 0. The highest BCUT2D eigenvalue weighted by Crippen LogP contribution is 2.05. The van der Waals surface area contributed by atoms with Crippen LogP contribution in [0.25, 0.3) is 0 Å². The maximum Gasteiger partial charge on any atom is 0.434 e. The van der Waals surface area contributed by atoms with Gasteiger partial charge in [0.25, 0.3) is 0 Å². The molecule has 0 aromatic heterocycles. The van der Waals surface area contributed by atoms with Gasteiger partial charge in [0.05, 0.1) is 0 Å². The van der Waals surface area contributed by atoms with Gasteiger partial charge in [-0.25, -0.2) is 0 Å². The van der Waals surface area contributed by atoms with E-state index in [1.807, 2.05) is 0 Å². The summed E-state index contributed by atoms with van der Waals surface area (Å²) in [5.41, 5.74) is -0.333. The molecule has 0 spiro atoms. The molecular formula is C6H14BCl2N. The molecule has 10 heavy (non-hydrogen) atoms. The average Bonchev–Trinajstić information content (AvgIpc) is 1.87. The minimum atomic E-state index is -0.333. The lowest BCUT2D eigenvalue weighted by Gasteiger charge is -2.19. The molecule has 0 rings (SSSR count). The Labute approximate surface area is 73.6 Å². The lowest BCUT2D eigenvalue weighted by atomic mass is 10.2. The van der Waals surface area contributed by atoms with Gasteiger partial charge in [0, 0.05) is 0 Å². The second-order valence-electron chi connectivity index (χ2n) is 2.31. The Hall–Kier alpha value is 0.605. The van der Waals surface area contributed by atoms with Crippen molar-refractivity contribution >= 4 is 28.6 Å². The van der Waals surface area contributed by atoms with E-state index in [4.69, 9.17) is 22.9 Å². The third-order valence-electron chi connectivity index (χ3n) is 1.30. The van der Waals surface area contributed by atoms with Gasteiger partial charge in [-0.15, -0.1) is 22.9 Å². The van der Waals surface area contributed by atoms with E-state index in [1.165, 1.54) is 0 Å². The first-order chi connectivity index (χ1) is 4.72. The molecule has 0 fully saturated rings. The second kappa shape index (κ2) is 6.32. The average molecular weight is 182 g/mol. The first kappa shape index (κ1) is 10.6. The zero-order valence-electron chi connectivity index (χ0n) is 6.61. The van der Waals surface area contributed by atoms with E-state index in [1.54, 1.807) is 0 Å². The minimum absolute atomic E-state index is 0.333. The summed E-state index contributed by atoms with van der Waals surface area (Å²) in [4.78, 5) is 2.06. The van der Waals surface area contributed by atoms with E-state index in [0.29, 0.717) is 0 Å². The predicted octanol–water partition coefficient (Wildman–Crippen LogP) is 2.57. The summed E-state index contributed by atoms with van der Waals surface area (Å²) in [6.07, 6.45) is 2.21. The number of halogens is 2. The van der Waals surface area contributed by atoms with Gasteiger partial charge in [-0.05, 0) is 25.9 Å². The topological polar surface area (TPSA) is 3.24 Å². The molecule has 0 atom stereocenters. The fourth-order valence-electron chi connectivity index (χ4n) is 0.881. The van der Waals surface area contributed by atoms with Gasteiger partial charge in [-0.2, -0.15) is 0 Å². The summed E-state index contributed by atoms with van der Waals surface area (Å²) in [5, 5.41) is 0. The third kappa shape index (κ3) is 4.43. The smallest absolute Gasteiger partial charge is 0.315 e. The Balaban J connectivity index is 3.50. The van der Waals surface area contributed by atoms with Crippen LogP contribution >= 0.6 is 22.9 Å². The quantitative estimate of drug-likeness (QED) is 0.590. The van der Waals surface area contributed by atoms with E-state index >= 15 is 0 Å². The van der Waals surface area contributed by atoms with Crippen LogP contribution in [0.3, 0.4) is 0 Å². The van der Waals surface area contributed by atoms with Gasteiger partial charge in [-0.1, -0.05) is 13.8 Å². The number of hydrogen-bond acceptors (Lipinski definition) is 1. The lowest BCUT2D eigenvalue weighted by Crippen LogP contribution is -2.32. The highest BCUT2D eigenvalue weighted by atomic mass is 35.5. The molecular weight excluding hydrogens is 168 g/mol. The predicted molar refractivity (Wildman–Crippen MR) is 49.6 cm³/mol. The molecule has 4 heteroatoms. The highest BCUT2D eigenvalue weighted by Gasteiger charge is 2.15. The summed E-state index contributed by atoms with van der Waals surface area (Å²) in [6.45, 7) is 6.23. The van der Waals surface area contributed by atoms with Gasteiger partial charge >= 0.3 is 5.68 Å². The number of hydrogen-bond donors (Lipinski definition) is 0. The van der Waals surface area contributed by atoms with E-state index in [0.717, 1.165) is 25.9 Å². The molecule has 0 unspecified atom stereocenters. The number of nitrogens with zero attached hydrogens (tertiary/aromatic N) is 1. The Morgan fingerprint density at radius 3 is 1.70 bits per heavy atom. The van der Waals surface area contributed by atoms with Crippen molar-refractivity contribution in [2.75, 3.05) is 13.1 Å². The van der Waals surface area contributed by atoms with E-state index < -0.39 is 0 Å². The molecule has 1 nitrogen and oxygen atoms in total. The molecule has 0 bridgehead atoms. The Bertz CT molecular complexity index is 74.1. The molecule has 0 radical (unpaired) electrons. The first-order valence-electron chi connectivity index (χ1n) is 3.74. The van der Waals surface area contributed by atoms with Gasteiger partial charge in [0.15, 0.2) is 0 Å². The molecule has 0 aliphatic rings. The fourth-order valence-corrected chi connectivity index (χ4v) is 1.27. The van der Waals surface area contributed by atoms with Crippen molar-refractivity contribution in [1.82, 2.24) is 4.81 Å². The third-order valence-corrected chi connectivity index (χ3v) is 1.85. The van der Waals surface area contributed by atoms with Crippen molar-refractivity contribution in [2.45, 2.75) is 26.7 Å². The van der Waals surface area contributed by atoms with Crippen LogP contribution in [-0.4, -0.2) is 23.6 Å². The molecule has 0 aromatic rings. The van der Waals surface area contributed by atoms with Crippen LogP contribution in [0.5, 0.6) is 0 Å². The monoisotopic (exact) mass is 181 g/mol. The maximum atomic E-state index is 5.69. The van der Waals surface area contributed by atoms with Crippen LogP contribution in [0.1, 0.15) is 26.7 Å². The van der Waals surface area contributed by atoms with Crippen LogP contribution in [0.2, 0.25) is 0 Å².